The first-order valence-electron chi connectivity index (χ1n) is 7.28. The number of rotatable bonds is 2. The molecule has 1 unspecified atom stereocenters. The molecule has 1 aliphatic rings. The normalized spacial score (nSPS) is 19.1. The number of hydrogen-bond acceptors (Lipinski definition) is 3. The second-order valence-corrected chi connectivity index (χ2v) is 5.76. The highest BCUT2D eigenvalue weighted by Gasteiger charge is 2.28. The Morgan fingerprint density at radius 2 is 2.10 bits per heavy atom. The smallest absolute Gasteiger partial charge is 0.141 e. The summed E-state index contributed by atoms with van der Waals surface area (Å²) < 4.78 is 2.06. The van der Waals surface area contributed by atoms with Gasteiger partial charge in [0.25, 0.3) is 0 Å². The van der Waals surface area contributed by atoms with Crippen LogP contribution in [0.3, 0.4) is 0 Å². The quantitative estimate of drug-likeness (QED) is 0.841. The van der Waals surface area contributed by atoms with Crippen LogP contribution in [0.5, 0.6) is 0 Å². The molecule has 104 valence electrons. The van der Waals surface area contributed by atoms with Crippen molar-refractivity contribution in [1.29, 1.82) is 5.26 Å². The Bertz CT molecular complexity index is 644. The zero-order chi connectivity index (χ0) is 14.1. The summed E-state index contributed by atoms with van der Waals surface area (Å²) in [6.07, 6.45) is 4.35. The number of imidazole rings is 1. The lowest BCUT2D eigenvalue weighted by Gasteiger charge is -2.33. The van der Waals surface area contributed by atoms with Crippen LogP contribution >= 0.6 is 0 Å². The molecule has 3 heterocycles. The van der Waals surface area contributed by atoms with Crippen LogP contribution in [0.25, 0.3) is 5.65 Å². The number of nitriles is 1. The van der Waals surface area contributed by atoms with Crippen LogP contribution in [0, 0.1) is 24.2 Å². The number of likely N-dealkylation sites (tertiary alicyclic amines) is 1. The minimum Gasteiger partial charge on any atom is -0.301 e. The number of pyridine rings is 1. The van der Waals surface area contributed by atoms with Crippen molar-refractivity contribution in [2.24, 2.45) is 5.92 Å². The van der Waals surface area contributed by atoms with Gasteiger partial charge in [-0.3, -0.25) is 4.90 Å². The maximum atomic E-state index is 9.67. The fourth-order valence-electron chi connectivity index (χ4n) is 3.06. The maximum absolute atomic E-state index is 9.67. The van der Waals surface area contributed by atoms with E-state index in [0.29, 0.717) is 0 Å². The van der Waals surface area contributed by atoms with Crippen LogP contribution in [0.15, 0.2) is 24.4 Å². The molecule has 2 aromatic rings. The zero-order valence-corrected chi connectivity index (χ0v) is 12.1. The SMILES string of the molecule is Cc1nc2ccccn2c1C(C#N)N1CCC(C)CC1. The van der Waals surface area contributed by atoms with Crippen molar-refractivity contribution in [3.63, 3.8) is 0 Å². The number of piperidine rings is 1. The van der Waals surface area contributed by atoms with Gasteiger partial charge < -0.3 is 4.40 Å². The van der Waals surface area contributed by atoms with Gasteiger partial charge in [-0.2, -0.15) is 5.26 Å². The Hall–Kier alpha value is -1.86. The first kappa shape index (κ1) is 13.1. The largest absolute Gasteiger partial charge is 0.301 e. The van der Waals surface area contributed by atoms with Gasteiger partial charge in [-0.25, -0.2) is 4.98 Å². The van der Waals surface area contributed by atoms with Crippen LogP contribution in [-0.2, 0) is 0 Å². The van der Waals surface area contributed by atoms with Gasteiger partial charge in [-0.1, -0.05) is 13.0 Å². The summed E-state index contributed by atoms with van der Waals surface area (Å²) in [5.74, 6) is 0.772. The number of nitrogens with zero attached hydrogens (tertiary/aromatic N) is 4. The van der Waals surface area contributed by atoms with Gasteiger partial charge in [-0.15, -0.1) is 0 Å². The molecule has 1 aliphatic heterocycles. The van der Waals surface area contributed by atoms with Crippen molar-refractivity contribution in [3.8, 4) is 6.07 Å². The molecule has 1 atom stereocenters. The van der Waals surface area contributed by atoms with E-state index in [9.17, 15) is 5.26 Å². The number of aryl methyl sites for hydroxylation is 1. The Morgan fingerprint density at radius 3 is 2.80 bits per heavy atom. The molecule has 0 spiro atoms. The highest BCUT2D eigenvalue weighted by molar-refractivity contribution is 5.44. The first-order chi connectivity index (χ1) is 9.70. The number of fused-ring (bicyclic) bond motifs is 1. The van der Waals surface area contributed by atoms with E-state index in [-0.39, 0.29) is 6.04 Å². The van der Waals surface area contributed by atoms with E-state index in [0.717, 1.165) is 36.0 Å². The molecule has 4 heteroatoms. The molecule has 20 heavy (non-hydrogen) atoms. The minimum atomic E-state index is -0.195. The monoisotopic (exact) mass is 268 g/mol. The van der Waals surface area contributed by atoms with Gasteiger partial charge in [0, 0.05) is 19.3 Å². The van der Waals surface area contributed by atoms with Crippen LogP contribution in [0.1, 0.15) is 37.2 Å². The van der Waals surface area contributed by atoms with E-state index in [1.165, 1.54) is 12.8 Å². The van der Waals surface area contributed by atoms with E-state index >= 15 is 0 Å². The Labute approximate surface area is 119 Å². The molecule has 0 aliphatic carbocycles. The van der Waals surface area contributed by atoms with Crippen molar-refractivity contribution < 1.29 is 0 Å². The Balaban J connectivity index is 1.99. The fourth-order valence-corrected chi connectivity index (χ4v) is 3.06. The van der Waals surface area contributed by atoms with Crippen molar-refractivity contribution in [3.05, 3.63) is 35.8 Å². The molecule has 4 nitrogen and oxygen atoms in total. The molecule has 0 radical (unpaired) electrons. The van der Waals surface area contributed by atoms with Gasteiger partial charge in [0.15, 0.2) is 0 Å². The third-order valence-corrected chi connectivity index (χ3v) is 4.32. The molecular formula is C16H20N4. The maximum Gasteiger partial charge on any atom is 0.141 e. The predicted octanol–water partition coefficient (Wildman–Crippen LogP) is 2.94. The summed E-state index contributed by atoms with van der Waals surface area (Å²) in [5, 5.41) is 9.67. The zero-order valence-electron chi connectivity index (χ0n) is 12.1. The second kappa shape index (κ2) is 5.26. The van der Waals surface area contributed by atoms with Gasteiger partial charge in [0.1, 0.15) is 11.7 Å². The highest BCUT2D eigenvalue weighted by atomic mass is 15.2. The Kier molecular flexibility index (Phi) is 3.45. The standard InChI is InChI=1S/C16H20N4/c1-12-6-9-19(10-7-12)14(11-17)16-13(2)18-15-5-3-4-8-20(15)16/h3-5,8,12,14H,6-7,9-10H2,1-2H3. The topological polar surface area (TPSA) is 44.3 Å². The molecule has 1 fully saturated rings. The van der Waals surface area contributed by atoms with E-state index in [1.807, 2.05) is 31.3 Å². The summed E-state index contributed by atoms with van der Waals surface area (Å²) in [6.45, 7) is 6.29. The van der Waals surface area contributed by atoms with Crippen LogP contribution in [-0.4, -0.2) is 27.4 Å². The van der Waals surface area contributed by atoms with E-state index in [1.54, 1.807) is 0 Å². The van der Waals surface area contributed by atoms with Crippen molar-refractivity contribution in [2.45, 2.75) is 32.7 Å². The summed E-state index contributed by atoms with van der Waals surface area (Å²) in [4.78, 5) is 6.87. The van der Waals surface area contributed by atoms with Gasteiger partial charge in [0.05, 0.1) is 17.5 Å². The predicted molar refractivity (Wildman–Crippen MR) is 78.3 cm³/mol. The van der Waals surface area contributed by atoms with E-state index in [2.05, 4.69) is 27.3 Å². The summed E-state index contributed by atoms with van der Waals surface area (Å²) >= 11 is 0. The molecule has 0 bridgehead atoms. The molecule has 0 saturated carbocycles. The fraction of sp³-hybridized carbons (Fsp3) is 0.500. The van der Waals surface area contributed by atoms with Gasteiger partial charge >= 0.3 is 0 Å². The molecule has 1 saturated heterocycles. The molecule has 3 rings (SSSR count). The second-order valence-electron chi connectivity index (χ2n) is 5.76. The molecule has 0 aromatic carbocycles. The van der Waals surface area contributed by atoms with Gasteiger partial charge in [0.2, 0.25) is 0 Å². The third kappa shape index (κ3) is 2.19. The summed E-state index contributed by atoms with van der Waals surface area (Å²) in [7, 11) is 0. The van der Waals surface area contributed by atoms with Crippen molar-refractivity contribution in [1.82, 2.24) is 14.3 Å². The average Bonchev–Trinajstić information content (AvgIpc) is 2.79. The van der Waals surface area contributed by atoms with Crippen LogP contribution in [0.4, 0.5) is 0 Å². The minimum absolute atomic E-state index is 0.195. The van der Waals surface area contributed by atoms with Crippen molar-refractivity contribution >= 4 is 5.65 Å². The third-order valence-electron chi connectivity index (χ3n) is 4.32. The first-order valence-corrected chi connectivity index (χ1v) is 7.28. The van der Waals surface area contributed by atoms with Crippen LogP contribution < -0.4 is 0 Å². The average molecular weight is 268 g/mol. The molecule has 0 N–H and O–H groups in total. The van der Waals surface area contributed by atoms with E-state index < -0.39 is 0 Å². The lowest BCUT2D eigenvalue weighted by atomic mass is 9.97. The Morgan fingerprint density at radius 1 is 1.35 bits per heavy atom. The lowest BCUT2D eigenvalue weighted by molar-refractivity contribution is 0.162. The molecular weight excluding hydrogens is 248 g/mol. The lowest BCUT2D eigenvalue weighted by Crippen LogP contribution is -2.36. The summed E-state index contributed by atoms with van der Waals surface area (Å²) in [5.41, 5.74) is 2.91. The molecule has 0 amide bonds. The van der Waals surface area contributed by atoms with E-state index in [4.69, 9.17) is 0 Å². The number of aromatic nitrogens is 2. The highest BCUT2D eigenvalue weighted by Crippen LogP contribution is 2.28. The summed E-state index contributed by atoms with van der Waals surface area (Å²) in [6, 6.07) is 8.25. The van der Waals surface area contributed by atoms with Crippen molar-refractivity contribution in [2.75, 3.05) is 13.1 Å². The van der Waals surface area contributed by atoms with Crippen LogP contribution in [0.2, 0.25) is 0 Å². The number of hydrogen-bond donors (Lipinski definition) is 0. The molecule has 2 aromatic heterocycles. The van der Waals surface area contributed by atoms with Gasteiger partial charge in [-0.05, 0) is 37.8 Å².